The Morgan fingerprint density at radius 2 is 2.05 bits per heavy atom. The van der Waals surface area contributed by atoms with Gasteiger partial charge in [0, 0.05) is 23.4 Å². The van der Waals surface area contributed by atoms with E-state index in [1.54, 1.807) is 0 Å². The molecule has 0 bridgehead atoms. The highest BCUT2D eigenvalue weighted by Gasteiger charge is 2.23. The largest absolute Gasteiger partial charge is 0.376 e. The van der Waals surface area contributed by atoms with E-state index in [1.165, 1.54) is 44.9 Å². The van der Waals surface area contributed by atoms with Gasteiger partial charge in [-0.05, 0) is 65.0 Å². The Morgan fingerprint density at radius 3 is 2.81 bits per heavy atom. The van der Waals surface area contributed by atoms with Crippen molar-refractivity contribution >= 4 is 54.6 Å². The molecule has 1 unspecified atom stereocenters. The molecule has 0 fully saturated rings. The van der Waals surface area contributed by atoms with E-state index in [2.05, 4.69) is 80.4 Å². The second-order valence-electron chi connectivity index (χ2n) is 5.57. The van der Waals surface area contributed by atoms with Gasteiger partial charge in [0.05, 0.1) is 21.2 Å². The monoisotopic (exact) mass is 428 g/mol. The molecule has 21 heavy (non-hydrogen) atoms. The molecule has 2 nitrogen and oxygen atoms in total. The Morgan fingerprint density at radius 1 is 1.24 bits per heavy atom. The van der Waals surface area contributed by atoms with Crippen LogP contribution in [0.5, 0.6) is 0 Å². The van der Waals surface area contributed by atoms with Gasteiger partial charge in [-0.25, -0.2) is 0 Å². The first-order valence-electron chi connectivity index (χ1n) is 7.06. The van der Waals surface area contributed by atoms with Crippen LogP contribution in [0.4, 0.5) is 11.4 Å². The van der Waals surface area contributed by atoms with Crippen molar-refractivity contribution in [1.82, 2.24) is 0 Å². The van der Waals surface area contributed by atoms with Gasteiger partial charge in [0.1, 0.15) is 0 Å². The summed E-state index contributed by atoms with van der Waals surface area (Å²) in [4.78, 5) is 3.68. The maximum absolute atomic E-state index is 3.76. The smallest absolute Gasteiger partial charge is 0.0705 e. The molecule has 1 aromatic carbocycles. The molecule has 3 rings (SSSR count). The number of aryl methyl sites for hydroxylation is 1. The second-order valence-corrected chi connectivity index (χ2v) is 9.01. The Hall–Kier alpha value is -0.520. The minimum absolute atomic E-state index is 0.407. The standard InChI is InChI=1S/C16H18Br2N2S/c1-20(2)14-7-6-10(17)8-13(14)19-12-4-3-5-15-11(12)9-16(18)21-15/h6-9,12,19H,3-5H2,1-2H3. The predicted octanol–water partition coefficient (Wildman–Crippen LogP) is 5.83. The Kier molecular flexibility index (Phi) is 4.62. The van der Waals surface area contributed by atoms with Gasteiger partial charge in [0.15, 0.2) is 0 Å². The predicted molar refractivity (Wildman–Crippen MR) is 99.8 cm³/mol. The zero-order valence-electron chi connectivity index (χ0n) is 12.1. The topological polar surface area (TPSA) is 15.3 Å². The van der Waals surface area contributed by atoms with Gasteiger partial charge in [-0.2, -0.15) is 0 Å². The molecule has 1 aliphatic carbocycles. The van der Waals surface area contributed by atoms with Gasteiger partial charge in [0.25, 0.3) is 0 Å². The average Bonchev–Trinajstić information content (AvgIpc) is 2.80. The third-order valence-electron chi connectivity index (χ3n) is 3.85. The first-order chi connectivity index (χ1) is 10.0. The molecule has 0 spiro atoms. The van der Waals surface area contributed by atoms with Crippen LogP contribution in [0.15, 0.2) is 32.5 Å². The van der Waals surface area contributed by atoms with E-state index in [-0.39, 0.29) is 0 Å². The van der Waals surface area contributed by atoms with Crippen molar-refractivity contribution < 1.29 is 0 Å². The van der Waals surface area contributed by atoms with Crippen molar-refractivity contribution in [2.75, 3.05) is 24.3 Å². The molecular formula is C16H18Br2N2S. The zero-order chi connectivity index (χ0) is 15.0. The second kappa shape index (κ2) is 6.31. The van der Waals surface area contributed by atoms with Crippen molar-refractivity contribution in [3.63, 3.8) is 0 Å². The third-order valence-corrected chi connectivity index (χ3v) is 6.06. The van der Waals surface area contributed by atoms with E-state index < -0.39 is 0 Å². The summed E-state index contributed by atoms with van der Waals surface area (Å²) >= 11 is 9.09. The fraction of sp³-hybridized carbons (Fsp3) is 0.375. The molecule has 0 saturated heterocycles. The van der Waals surface area contributed by atoms with Gasteiger partial charge in [-0.1, -0.05) is 15.9 Å². The summed E-state index contributed by atoms with van der Waals surface area (Å²) in [6, 6.07) is 9.10. The highest BCUT2D eigenvalue weighted by atomic mass is 79.9. The lowest BCUT2D eigenvalue weighted by Gasteiger charge is -2.27. The van der Waals surface area contributed by atoms with Crippen LogP contribution < -0.4 is 10.2 Å². The molecule has 1 atom stereocenters. The quantitative estimate of drug-likeness (QED) is 0.660. The number of nitrogens with one attached hydrogen (secondary N) is 1. The molecule has 1 aromatic heterocycles. The van der Waals surface area contributed by atoms with Gasteiger partial charge < -0.3 is 10.2 Å². The van der Waals surface area contributed by atoms with Crippen molar-refractivity contribution in [3.05, 3.63) is 43.0 Å². The fourth-order valence-electron chi connectivity index (χ4n) is 2.87. The Balaban J connectivity index is 1.92. The van der Waals surface area contributed by atoms with Crippen LogP contribution in [0, 0.1) is 0 Å². The molecule has 0 aliphatic heterocycles. The van der Waals surface area contributed by atoms with Crippen LogP contribution in [-0.2, 0) is 6.42 Å². The van der Waals surface area contributed by atoms with Crippen molar-refractivity contribution in [2.45, 2.75) is 25.3 Å². The highest BCUT2D eigenvalue weighted by Crippen LogP contribution is 2.41. The summed E-state index contributed by atoms with van der Waals surface area (Å²) in [7, 11) is 4.17. The van der Waals surface area contributed by atoms with E-state index in [4.69, 9.17) is 0 Å². The number of benzene rings is 1. The van der Waals surface area contributed by atoms with Crippen molar-refractivity contribution in [2.24, 2.45) is 0 Å². The maximum atomic E-state index is 3.76. The van der Waals surface area contributed by atoms with E-state index >= 15 is 0 Å². The summed E-state index contributed by atoms with van der Waals surface area (Å²) in [5.41, 5.74) is 3.87. The summed E-state index contributed by atoms with van der Waals surface area (Å²) in [5.74, 6) is 0. The van der Waals surface area contributed by atoms with Crippen LogP contribution in [0.25, 0.3) is 0 Å². The molecule has 1 heterocycles. The van der Waals surface area contributed by atoms with Crippen molar-refractivity contribution in [1.29, 1.82) is 0 Å². The lowest BCUT2D eigenvalue weighted by Crippen LogP contribution is -2.18. The third kappa shape index (κ3) is 3.30. The zero-order valence-corrected chi connectivity index (χ0v) is 16.1. The van der Waals surface area contributed by atoms with E-state index in [0.29, 0.717) is 6.04 Å². The number of hydrogen-bond donors (Lipinski definition) is 1. The number of anilines is 2. The van der Waals surface area contributed by atoms with Crippen LogP contribution in [0.2, 0.25) is 0 Å². The number of thiophene rings is 1. The summed E-state index contributed by atoms with van der Waals surface area (Å²) < 4.78 is 2.35. The maximum Gasteiger partial charge on any atom is 0.0705 e. The SMILES string of the molecule is CN(C)c1ccc(Br)cc1NC1CCCc2sc(Br)cc21. The summed E-state index contributed by atoms with van der Waals surface area (Å²) in [6.45, 7) is 0. The van der Waals surface area contributed by atoms with Gasteiger partial charge >= 0.3 is 0 Å². The van der Waals surface area contributed by atoms with Crippen LogP contribution in [0.1, 0.15) is 29.3 Å². The van der Waals surface area contributed by atoms with E-state index in [9.17, 15) is 0 Å². The first kappa shape index (κ1) is 15.4. The Labute approximate surface area is 146 Å². The van der Waals surface area contributed by atoms with Crippen LogP contribution >= 0.6 is 43.2 Å². The van der Waals surface area contributed by atoms with E-state index in [1.807, 2.05) is 11.3 Å². The van der Waals surface area contributed by atoms with Gasteiger partial charge in [-0.3, -0.25) is 0 Å². The molecule has 1 N–H and O–H groups in total. The van der Waals surface area contributed by atoms with Gasteiger partial charge in [0.2, 0.25) is 0 Å². The number of nitrogens with zero attached hydrogens (tertiary/aromatic N) is 1. The average molecular weight is 430 g/mol. The minimum Gasteiger partial charge on any atom is -0.376 e. The van der Waals surface area contributed by atoms with Crippen LogP contribution in [0.3, 0.4) is 0 Å². The number of fused-ring (bicyclic) bond motifs is 1. The lowest BCUT2D eigenvalue weighted by atomic mass is 9.94. The minimum atomic E-state index is 0.407. The molecule has 0 saturated carbocycles. The molecular weight excluding hydrogens is 412 g/mol. The van der Waals surface area contributed by atoms with Crippen LogP contribution in [-0.4, -0.2) is 14.1 Å². The van der Waals surface area contributed by atoms with E-state index in [0.717, 1.165) is 4.47 Å². The fourth-order valence-corrected chi connectivity index (χ4v) is 5.05. The molecule has 5 heteroatoms. The number of rotatable bonds is 3. The number of hydrogen-bond acceptors (Lipinski definition) is 3. The summed E-state index contributed by atoms with van der Waals surface area (Å²) in [6.07, 6.45) is 3.65. The Bertz CT molecular complexity index is 652. The highest BCUT2D eigenvalue weighted by molar-refractivity contribution is 9.11. The number of halogens is 2. The van der Waals surface area contributed by atoms with Gasteiger partial charge in [-0.15, -0.1) is 11.3 Å². The molecule has 0 amide bonds. The molecule has 1 aliphatic rings. The molecule has 112 valence electrons. The lowest BCUT2D eigenvalue weighted by molar-refractivity contribution is 0.608. The first-order valence-corrected chi connectivity index (χ1v) is 9.46. The molecule has 2 aromatic rings. The normalized spacial score (nSPS) is 17.4. The van der Waals surface area contributed by atoms with Crippen molar-refractivity contribution in [3.8, 4) is 0 Å². The molecule has 0 radical (unpaired) electrons. The summed E-state index contributed by atoms with van der Waals surface area (Å²) in [5, 5.41) is 3.76.